The number of halogens is 4. The zero-order chi connectivity index (χ0) is 16.5. The molecule has 0 aromatic heterocycles. The molecule has 124 valence electrons. The molecule has 1 aliphatic carbocycles. The van der Waals surface area contributed by atoms with Crippen LogP contribution in [-0.4, -0.2) is 38.1 Å². The quantitative estimate of drug-likeness (QED) is 0.893. The molecule has 0 amide bonds. The Morgan fingerprint density at radius 3 is 2.45 bits per heavy atom. The summed E-state index contributed by atoms with van der Waals surface area (Å²) in [4.78, 5) is 2.15. The molecule has 0 spiro atoms. The van der Waals surface area contributed by atoms with Crippen molar-refractivity contribution in [1.82, 2.24) is 10.2 Å². The van der Waals surface area contributed by atoms with Crippen LogP contribution in [0.4, 0.5) is 13.2 Å². The lowest BCUT2D eigenvalue weighted by atomic mass is 9.78. The van der Waals surface area contributed by atoms with Gasteiger partial charge >= 0.3 is 6.18 Å². The molecule has 2 nitrogen and oxygen atoms in total. The molecule has 0 heterocycles. The van der Waals surface area contributed by atoms with E-state index in [0.29, 0.717) is 12.1 Å². The number of benzene rings is 1. The van der Waals surface area contributed by atoms with Crippen molar-refractivity contribution in [1.29, 1.82) is 0 Å². The van der Waals surface area contributed by atoms with Crippen LogP contribution in [0.25, 0.3) is 0 Å². The van der Waals surface area contributed by atoms with Crippen LogP contribution in [-0.2, 0) is 6.18 Å². The molecule has 2 rings (SSSR count). The molecule has 1 saturated carbocycles. The normalized spacial score (nSPS) is 26.5. The maximum atomic E-state index is 13.0. The summed E-state index contributed by atoms with van der Waals surface area (Å²) >= 11 is 5.71. The second-order valence-corrected chi connectivity index (χ2v) is 6.58. The SMILES string of the molecule is CN[C@H]1CC[C@H](c2ccc(Cl)c(C(F)(F)F)c2)C[C@@H]1N(C)C. The van der Waals surface area contributed by atoms with Crippen LogP contribution < -0.4 is 5.32 Å². The Balaban J connectivity index is 2.25. The molecule has 1 N–H and O–H groups in total. The fourth-order valence-electron chi connectivity index (χ4n) is 3.37. The number of hydrogen-bond donors (Lipinski definition) is 1. The second-order valence-electron chi connectivity index (χ2n) is 6.17. The van der Waals surface area contributed by atoms with Gasteiger partial charge < -0.3 is 10.2 Å². The Morgan fingerprint density at radius 2 is 1.91 bits per heavy atom. The molecular formula is C16H22ClF3N2. The largest absolute Gasteiger partial charge is 0.417 e. The van der Waals surface area contributed by atoms with Gasteiger partial charge in [0.05, 0.1) is 10.6 Å². The summed E-state index contributed by atoms with van der Waals surface area (Å²) in [7, 11) is 5.96. The van der Waals surface area contributed by atoms with Crippen molar-refractivity contribution in [2.75, 3.05) is 21.1 Å². The Hall–Kier alpha value is -0.780. The van der Waals surface area contributed by atoms with Gasteiger partial charge in [0.25, 0.3) is 0 Å². The molecule has 0 aliphatic heterocycles. The number of nitrogens with one attached hydrogen (secondary N) is 1. The minimum atomic E-state index is -4.41. The van der Waals surface area contributed by atoms with E-state index in [0.717, 1.165) is 24.8 Å². The molecule has 0 radical (unpaired) electrons. The first-order valence-corrected chi connectivity index (χ1v) is 7.82. The van der Waals surface area contributed by atoms with E-state index in [-0.39, 0.29) is 10.9 Å². The van der Waals surface area contributed by atoms with Crippen LogP contribution in [0.5, 0.6) is 0 Å². The second kappa shape index (κ2) is 6.77. The Labute approximate surface area is 134 Å². The zero-order valence-corrected chi connectivity index (χ0v) is 13.8. The van der Waals surface area contributed by atoms with E-state index in [1.54, 1.807) is 6.07 Å². The van der Waals surface area contributed by atoms with E-state index in [1.165, 1.54) is 12.1 Å². The third-order valence-electron chi connectivity index (χ3n) is 4.62. The summed E-state index contributed by atoms with van der Waals surface area (Å²) in [5.41, 5.74) is 0.00179. The number of nitrogens with zero attached hydrogens (tertiary/aromatic N) is 1. The van der Waals surface area contributed by atoms with Gasteiger partial charge in [-0.2, -0.15) is 13.2 Å². The Morgan fingerprint density at radius 1 is 1.23 bits per heavy atom. The highest BCUT2D eigenvalue weighted by atomic mass is 35.5. The molecule has 1 fully saturated rings. The van der Waals surface area contributed by atoms with E-state index in [1.807, 2.05) is 21.1 Å². The number of rotatable bonds is 3. The lowest BCUT2D eigenvalue weighted by Gasteiger charge is -2.40. The molecule has 1 aliphatic rings. The number of likely N-dealkylation sites (N-methyl/N-ethyl adjacent to an activating group) is 2. The van der Waals surface area contributed by atoms with Gasteiger partial charge in [-0.1, -0.05) is 17.7 Å². The first-order valence-electron chi connectivity index (χ1n) is 7.44. The van der Waals surface area contributed by atoms with Gasteiger partial charge in [-0.15, -0.1) is 0 Å². The van der Waals surface area contributed by atoms with E-state index < -0.39 is 11.7 Å². The summed E-state index contributed by atoms with van der Waals surface area (Å²) in [6.45, 7) is 0. The fraction of sp³-hybridized carbons (Fsp3) is 0.625. The third-order valence-corrected chi connectivity index (χ3v) is 4.95. The van der Waals surface area contributed by atoms with Crippen LogP contribution in [0.15, 0.2) is 18.2 Å². The average molecular weight is 335 g/mol. The average Bonchev–Trinajstić information content (AvgIpc) is 2.45. The molecule has 0 saturated heterocycles. The standard InChI is InChI=1S/C16H22ClF3N2/c1-21-14-7-5-11(9-15(14)22(2)3)10-4-6-13(17)12(8-10)16(18,19)20/h4,6,8,11,14-15,21H,5,7,9H2,1-3H3/t11-,14-,15-/m0/s1. The van der Waals surface area contributed by atoms with Crippen molar-refractivity contribution in [3.63, 3.8) is 0 Å². The highest BCUT2D eigenvalue weighted by Crippen LogP contribution is 2.40. The van der Waals surface area contributed by atoms with Crippen molar-refractivity contribution in [2.45, 2.75) is 43.4 Å². The minimum Gasteiger partial charge on any atom is -0.315 e. The highest BCUT2D eigenvalue weighted by molar-refractivity contribution is 6.31. The first-order chi connectivity index (χ1) is 10.2. The summed E-state index contributed by atoms with van der Waals surface area (Å²) in [5, 5.41) is 3.08. The van der Waals surface area contributed by atoms with E-state index in [2.05, 4.69) is 10.2 Å². The molecular weight excluding hydrogens is 313 g/mol. The predicted octanol–water partition coefficient (Wildman–Crippen LogP) is 4.14. The molecule has 22 heavy (non-hydrogen) atoms. The van der Waals surface area contributed by atoms with Crippen LogP contribution in [0.1, 0.15) is 36.3 Å². The summed E-state index contributed by atoms with van der Waals surface area (Å²) in [6, 6.07) is 5.01. The van der Waals surface area contributed by atoms with Gasteiger partial charge in [0, 0.05) is 12.1 Å². The number of hydrogen-bond acceptors (Lipinski definition) is 2. The predicted molar refractivity (Wildman–Crippen MR) is 83.4 cm³/mol. The van der Waals surface area contributed by atoms with Gasteiger partial charge in [0.2, 0.25) is 0 Å². The molecule has 0 bridgehead atoms. The van der Waals surface area contributed by atoms with Gasteiger partial charge in [-0.3, -0.25) is 0 Å². The summed E-state index contributed by atoms with van der Waals surface area (Å²) in [6.07, 6.45) is -1.73. The Kier molecular flexibility index (Phi) is 5.41. The molecule has 3 atom stereocenters. The van der Waals surface area contributed by atoms with Gasteiger partial charge in [0.1, 0.15) is 0 Å². The summed E-state index contributed by atoms with van der Waals surface area (Å²) < 4.78 is 39.0. The van der Waals surface area contributed by atoms with Crippen LogP contribution in [0.3, 0.4) is 0 Å². The van der Waals surface area contributed by atoms with Crippen molar-refractivity contribution in [3.05, 3.63) is 34.3 Å². The van der Waals surface area contributed by atoms with Crippen molar-refractivity contribution in [3.8, 4) is 0 Å². The van der Waals surface area contributed by atoms with Gasteiger partial charge in [-0.05, 0) is 64.0 Å². The lowest BCUT2D eigenvalue weighted by Crippen LogP contribution is -2.49. The smallest absolute Gasteiger partial charge is 0.315 e. The molecule has 6 heteroatoms. The maximum absolute atomic E-state index is 13.0. The summed E-state index contributed by atoms with van der Waals surface area (Å²) in [5.74, 6) is 0.135. The monoisotopic (exact) mass is 334 g/mol. The maximum Gasteiger partial charge on any atom is 0.417 e. The van der Waals surface area contributed by atoms with Crippen molar-refractivity contribution >= 4 is 11.6 Å². The molecule has 0 unspecified atom stereocenters. The van der Waals surface area contributed by atoms with Crippen LogP contribution in [0.2, 0.25) is 5.02 Å². The van der Waals surface area contributed by atoms with Gasteiger partial charge in [-0.25, -0.2) is 0 Å². The zero-order valence-electron chi connectivity index (χ0n) is 13.0. The van der Waals surface area contributed by atoms with Crippen LogP contribution in [0, 0.1) is 0 Å². The fourth-order valence-corrected chi connectivity index (χ4v) is 3.60. The third kappa shape index (κ3) is 3.76. The van der Waals surface area contributed by atoms with E-state index in [9.17, 15) is 13.2 Å². The topological polar surface area (TPSA) is 15.3 Å². The van der Waals surface area contributed by atoms with E-state index >= 15 is 0 Å². The minimum absolute atomic E-state index is 0.135. The van der Waals surface area contributed by atoms with Crippen molar-refractivity contribution in [2.24, 2.45) is 0 Å². The van der Waals surface area contributed by atoms with Crippen molar-refractivity contribution < 1.29 is 13.2 Å². The highest BCUT2D eigenvalue weighted by Gasteiger charge is 2.36. The van der Waals surface area contributed by atoms with Crippen LogP contribution >= 0.6 is 11.6 Å². The van der Waals surface area contributed by atoms with Gasteiger partial charge in [0.15, 0.2) is 0 Å². The van der Waals surface area contributed by atoms with E-state index in [4.69, 9.17) is 11.6 Å². The molecule has 1 aromatic rings. The first kappa shape index (κ1) is 17.6. The lowest BCUT2D eigenvalue weighted by molar-refractivity contribution is -0.137. The molecule has 1 aromatic carbocycles. The number of alkyl halides is 3. The Bertz CT molecular complexity index is 517.